The minimum Gasteiger partial charge on any atom is -0.311 e. The van der Waals surface area contributed by atoms with Gasteiger partial charge in [-0.2, -0.15) is 0 Å². The van der Waals surface area contributed by atoms with Crippen molar-refractivity contribution in [3.63, 3.8) is 0 Å². The average molecular weight is 277 g/mol. The number of nitrogens with one attached hydrogen (secondary N) is 1. The lowest BCUT2D eigenvalue weighted by atomic mass is 10.2. The molecule has 0 spiro atoms. The molecule has 0 saturated heterocycles. The lowest BCUT2D eigenvalue weighted by molar-refractivity contribution is 0.548. The first-order valence-corrected chi connectivity index (χ1v) is 6.68. The number of nitrogens with zero attached hydrogens (tertiary/aromatic N) is 3. The summed E-state index contributed by atoms with van der Waals surface area (Å²) in [6.45, 7) is 6.03. The van der Waals surface area contributed by atoms with Crippen molar-refractivity contribution < 1.29 is 0 Å². The van der Waals surface area contributed by atoms with E-state index in [0.29, 0.717) is 22.5 Å². The van der Waals surface area contributed by atoms with E-state index >= 15 is 0 Å². The first-order valence-electron chi connectivity index (χ1n) is 6.30. The largest absolute Gasteiger partial charge is 0.311 e. The van der Waals surface area contributed by atoms with Gasteiger partial charge in [0.2, 0.25) is 0 Å². The maximum absolute atomic E-state index is 6.10. The molecule has 0 bridgehead atoms. The number of pyridine rings is 1. The molecule has 0 aromatic carbocycles. The van der Waals surface area contributed by atoms with E-state index in [-0.39, 0.29) is 0 Å². The second-order valence-corrected chi connectivity index (χ2v) is 5.14. The van der Waals surface area contributed by atoms with Crippen molar-refractivity contribution in [1.29, 1.82) is 0 Å². The van der Waals surface area contributed by atoms with E-state index < -0.39 is 0 Å². The van der Waals surface area contributed by atoms with Crippen LogP contribution in [0.5, 0.6) is 0 Å². The van der Waals surface area contributed by atoms with E-state index in [9.17, 15) is 0 Å². The third-order valence-corrected chi connectivity index (χ3v) is 2.85. The van der Waals surface area contributed by atoms with E-state index in [2.05, 4.69) is 34.1 Å². The first kappa shape index (κ1) is 13.9. The van der Waals surface area contributed by atoms with Crippen molar-refractivity contribution in [1.82, 2.24) is 20.3 Å². The molecule has 0 radical (unpaired) electrons. The lowest BCUT2D eigenvalue weighted by Gasteiger charge is -2.08. The molecular weight excluding hydrogens is 260 g/mol. The Labute approximate surface area is 118 Å². The number of halogens is 1. The van der Waals surface area contributed by atoms with Gasteiger partial charge in [-0.3, -0.25) is 4.98 Å². The minimum atomic E-state index is 0.564. The molecule has 4 nitrogen and oxygen atoms in total. The van der Waals surface area contributed by atoms with Gasteiger partial charge in [0.1, 0.15) is 5.69 Å². The molecule has 0 atom stereocenters. The van der Waals surface area contributed by atoms with Crippen LogP contribution in [-0.2, 0) is 6.54 Å². The van der Waals surface area contributed by atoms with Gasteiger partial charge in [-0.25, -0.2) is 9.97 Å². The molecular formula is C14H17ClN4. The first-order chi connectivity index (χ1) is 9.16. The predicted octanol–water partition coefficient (Wildman–Crippen LogP) is 2.94. The Morgan fingerprint density at radius 2 is 2.05 bits per heavy atom. The normalized spacial score (nSPS) is 10.9. The van der Waals surface area contributed by atoms with Crippen molar-refractivity contribution in [3.8, 4) is 11.5 Å². The summed E-state index contributed by atoms with van der Waals surface area (Å²) in [7, 11) is 0. The standard InChI is InChI=1S/C14H17ClN4/c1-10(2)8-16-9-11-5-7-18-14(19-11)13-12(15)4-3-6-17-13/h3-7,10,16H,8-9H2,1-2H3. The van der Waals surface area contributed by atoms with Crippen LogP contribution in [-0.4, -0.2) is 21.5 Å². The van der Waals surface area contributed by atoms with Crippen molar-refractivity contribution in [2.24, 2.45) is 5.92 Å². The smallest absolute Gasteiger partial charge is 0.179 e. The fraction of sp³-hybridized carbons (Fsp3) is 0.357. The molecule has 1 N–H and O–H groups in total. The molecule has 0 aliphatic carbocycles. The predicted molar refractivity (Wildman–Crippen MR) is 76.8 cm³/mol. The van der Waals surface area contributed by atoms with Gasteiger partial charge in [0.25, 0.3) is 0 Å². The molecule has 2 heterocycles. The van der Waals surface area contributed by atoms with E-state index in [1.165, 1.54) is 0 Å². The van der Waals surface area contributed by atoms with E-state index in [4.69, 9.17) is 11.6 Å². The minimum absolute atomic E-state index is 0.564. The number of aromatic nitrogens is 3. The Morgan fingerprint density at radius 1 is 1.21 bits per heavy atom. The molecule has 0 aliphatic heterocycles. The molecule has 2 aromatic heterocycles. The molecule has 19 heavy (non-hydrogen) atoms. The highest BCUT2D eigenvalue weighted by molar-refractivity contribution is 6.32. The van der Waals surface area contributed by atoms with Crippen LogP contribution in [0.15, 0.2) is 30.6 Å². The van der Waals surface area contributed by atoms with Crippen LogP contribution in [0.25, 0.3) is 11.5 Å². The second kappa shape index (κ2) is 6.59. The molecule has 100 valence electrons. The van der Waals surface area contributed by atoms with Crippen LogP contribution in [0, 0.1) is 5.92 Å². The van der Waals surface area contributed by atoms with Gasteiger partial charge in [0, 0.05) is 18.9 Å². The highest BCUT2D eigenvalue weighted by Gasteiger charge is 2.08. The van der Waals surface area contributed by atoms with Crippen molar-refractivity contribution in [2.75, 3.05) is 6.54 Å². The van der Waals surface area contributed by atoms with Crippen LogP contribution >= 0.6 is 11.6 Å². The Balaban J connectivity index is 2.13. The lowest BCUT2D eigenvalue weighted by Crippen LogP contribution is -2.19. The fourth-order valence-corrected chi connectivity index (χ4v) is 1.85. The second-order valence-electron chi connectivity index (χ2n) is 4.73. The molecule has 2 aromatic rings. The quantitative estimate of drug-likeness (QED) is 0.912. The number of hydrogen-bond donors (Lipinski definition) is 1. The van der Waals surface area contributed by atoms with E-state index in [0.717, 1.165) is 18.8 Å². The summed E-state index contributed by atoms with van der Waals surface area (Å²) in [5.74, 6) is 1.18. The zero-order chi connectivity index (χ0) is 13.7. The average Bonchev–Trinajstić information content (AvgIpc) is 2.39. The highest BCUT2D eigenvalue weighted by Crippen LogP contribution is 2.21. The summed E-state index contributed by atoms with van der Waals surface area (Å²) >= 11 is 6.10. The monoisotopic (exact) mass is 276 g/mol. The van der Waals surface area contributed by atoms with Gasteiger partial charge in [0.15, 0.2) is 5.82 Å². The summed E-state index contributed by atoms with van der Waals surface area (Å²) in [6.07, 6.45) is 3.42. The fourth-order valence-electron chi connectivity index (χ4n) is 1.65. The Hall–Kier alpha value is -1.52. The van der Waals surface area contributed by atoms with Gasteiger partial charge in [-0.05, 0) is 30.7 Å². The van der Waals surface area contributed by atoms with Gasteiger partial charge in [-0.1, -0.05) is 25.4 Å². The van der Waals surface area contributed by atoms with Gasteiger partial charge in [-0.15, -0.1) is 0 Å². The van der Waals surface area contributed by atoms with Gasteiger partial charge >= 0.3 is 0 Å². The summed E-state index contributed by atoms with van der Waals surface area (Å²) in [5.41, 5.74) is 1.56. The summed E-state index contributed by atoms with van der Waals surface area (Å²) in [4.78, 5) is 12.9. The molecule has 5 heteroatoms. The van der Waals surface area contributed by atoms with E-state index in [1.54, 1.807) is 24.5 Å². The topological polar surface area (TPSA) is 50.7 Å². The van der Waals surface area contributed by atoms with Gasteiger partial charge < -0.3 is 5.32 Å². The summed E-state index contributed by atoms with van der Waals surface area (Å²) in [6, 6.07) is 5.48. The molecule has 0 amide bonds. The number of rotatable bonds is 5. The molecule has 0 fully saturated rings. The SMILES string of the molecule is CC(C)CNCc1ccnc(-c2ncccc2Cl)n1. The maximum atomic E-state index is 6.10. The van der Waals surface area contributed by atoms with Crippen LogP contribution in [0.1, 0.15) is 19.5 Å². The van der Waals surface area contributed by atoms with E-state index in [1.807, 2.05) is 6.07 Å². The highest BCUT2D eigenvalue weighted by atomic mass is 35.5. The molecule has 2 rings (SSSR count). The number of hydrogen-bond acceptors (Lipinski definition) is 4. The molecule has 0 saturated carbocycles. The van der Waals surface area contributed by atoms with Gasteiger partial charge in [0.05, 0.1) is 10.7 Å². The Kier molecular flexibility index (Phi) is 4.82. The maximum Gasteiger partial charge on any atom is 0.179 e. The van der Waals surface area contributed by atoms with Crippen LogP contribution in [0.2, 0.25) is 5.02 Å². The summed E-state index contributed by atoms with van der Waals surface area (Å²) < 4.78 is 0. The zero-order valence-electron chi connectivity index (χ0n) is 11.1. The summed E-state index contributed by atoms with van der Waals surface area (Å²) in [5, 5.41) is 3.92. The Bertz CT molecular complexity index is 542. The van der Waals surface area contributed by atoms with Crippen molar-refractivity contribution in [2.45, 2.75) is 20.4 Å². The van der Waals surface area contributed by atoms with Crippen LogP contribution in [0.3, 0.4) is 0 Å². The molecule has 0 aliphatic rings. The molecule has 0 unspecified atom stereocenters. The van der Waals surface area contributed by atoms with Crippen LogP contribution in [0.4, 0.5) is 0 Å². The Morgan fingerprint density at radius 3 is 2.79 bits per heavy atom. The zero-order valence-corrected chi connectivity index (χ0v) is 11.9. The van der Waals surface area contributed by atoms with Crippen molar-refractivity contribution in [3.05, 3.63) is 41.3 Å². The third kappa shape index (κ3) is 3.98. The van der Waals surface area contributed by atoms with Crippen molar-refractivity contribution >= 4 is 11.6 Å². The van der Waals surface area contributed by atoms with Crippen LogP contribution < -0.4 is 5.32 Å². The third-order valence-electron chi connectivity index (χ3n) is 2.54.